The largest absolute Gasteiger partial charge is 0.497 e. The minimum Gasteiger partial charge on any atom is -0.497 e. The summed E-state index contributed by atoms with van der Waals surface area (Å²) in [6, 6.07) is 18.1. The Hall–Kier alpha value is -2.70. The van der Waals surface area contributed by atoms with Gasteiger partial charge in [-0.25, -0.2) is 0 Å². The Kier molecular flexibility index (Phi) is 4.69. The average Bonchev–Trinajstić information content (AvgIpc) is 3.33. The van der Waals surface area contributed by atoms with Crippen molar-refractivity contribution >= 4 is 22.9 Å². The van der Waals surface area contributed by atoms with Crippen LogP contribution in [-0.2, 0) is 6.42 Å². The van der Waals surface area contributed by atoms with Crippen LogP contribution in [0.15, 0.2) is 54.6 Å². The lowest BCUT2D eigenvalue weighted by atomic mass is 10.0. The first-order valence-corrected chi connectivity index (χ1v) is 9.18. The number of H-pyrrole nitrogens is 1. The van der Waals surface area contributed by atoms with Crippen LogP contribution < -0.4 is 4.74 Å². The summed E-state index contributed by atoms with van der Waals surface area (Å²) in [5.41, 5.74) is 3.43. The minimum absolute atomic E-state index is 0.599. The number of benzene rings is 2. The van der Waals surface area contributed by atoms with Gasteiger partial charge >= 0.3 is 0 Å². The molecule has 0 amide bonds. The summed E-state index contributed by atoms with van der Waals surface area (Å²) in [5, 5.41) is 15.1. The van der Waals surface area contributed by atoms with E-state index in [1.807, 2.05) is 42.5 Å². The minimum atomic E-state index is 0.599. The van der Waals surface area contributed by atoms with Crippen molar-refractivity contribution in [3.63, 3.8) is 0 Å². The second-order valence-corrected chi connectivity index (χ2v) is 7.29. The molecule has 0 fully saturated rings. The lowest BCUT2D eigenvalue weighted by molar-refractivity contribution is 0.415. The number of nitrogens with zero attached hydrogens (tertiary/aromatic N) is 3. The number of thiophene rings is 1. The van der Waals surface area contributed by atoms with Crippen molar-refractivity contribution in [3.05, 3.63) is 70.1 Å². The third-order valence-electron chi connectivity index (χ3n) is 4.03. The number of aromatic amines is 1. The Morgan fingerprint density at radius 3 is 2.69 bits per heavy atom. The maximum atomic E-state index is 6.01. The van der Waals surface area contributed by atoms with Crippen molar-refractivity contribution in [2.24, 2.45) is 0 Å². The second kappa shape index (κ2) is 7.27. The zero-order valence-electron chi connectivity index (χ0n) is 13.9. The molecule has 0 saturated carbocycles. The molecule has 0 bridgehead atoms. The lowest BCUT2D eigenvalue weighted by Gasteiger charge is -2.07. The van der Waals surface area contributed by atoms with Gasteiger partial charge in [-0.2, -0.15) is 5.21 Å². The Balaban J connectivity index is 1.78. The van der Waals surface area contributed by atoms with Crippen molar-refractivity contribution in [1.29, 1.82) is 0 Å². The maximum Gasteiger partial charge on any atom is 0.214 e. The standard InChI is InChI=1S/C19H15ClN4OS/c1-25-15-4-2-3-13(10-15)16-11-18(19-21-23-24-22-19)26-17(16)9-12-5-7-14(20)8-6-12/h2-8,10-11H,9H2,1H3,(H,21,22,23,24). The number of nitrogens with one attached hydrogen (secondary N) is 1. The van der Waals surface area contributed by atoms with Crippen LogP contribution in [0.5, 0.6) is 5.75 Å². The molecule has 0 radical (unpaired) electrons. The molecule has 130 valence electrons. The van der Waals surface area contributed by atoms with Gasteiger partial charge in [0, 0.05) is 16.3 Å². The molecule has 0 atom stereocenters. The van der Waals surface area contributed by atoms with Crippen LogP contribution in [0.4, 0.5) is 0 Å². The summed E-state index contributed by atoms with van der Waals surface area (Å²) >= 11 is 7.67. The van der Waals surface area contributed by atoms with Gasteiger partial charge in [0.25, 0.3) is 0 Å². The van der Waals surface area contributed by atoms with Crippen LogP contribution in [0.1, 0.15) is 10.4 Å². The smallest absolute Gasteiger partial charge is 0.214 e. The van der Waals surface area contributed by atoms with Crippen molar-refractivity contribution < 1.29 is 4.74 Å². The van der Waals surface area contributed by atoms with Crippen LogP contribution in [-0.4, -0.2) is 27.7 Å². The maximum absolute atomic E-state index is 6.01. The summed E-state index contributed by atoms with van der Waals surface area (Å²) in [6.07, 6.45) is 0.798. The molecule has 0 aliphatic heterocycles. The topological polar surface area (TPSA) is 63.7 Å². The van der Waals surface area contributed by atoms with Crippen LogP contribution in [0.2, 0.25) is 5.02 Å². The average molecular weight is 383 g/mol. The van der Waals surface area contributed by atoms with Crippen LogP contribution >= 0.6 is 22.9 Å². The predicted octanol–water partition coefficient (Wildman–Crippen LogP) is 4.85. The second-order valence-electron chi connectivity index (χ2n) is 5.72. The Morgan fingerprint density at radius 2 is 1.96 bits per heavy atom. The Labute approximate surface area is 159 Å². The van der Waals surface area contributed by atoms with Crippen LogP contribution in [0.3, 0.4) is 0 Å². The van der Waals surface area contributed by atoms with Gasteiger partial charge in [-0.1, -0.05) is 35.9 Å². The number of methoxy groups -OCH3 is 1. The van der Waals surface area contributed by atoms with Gasteiger partial charge in [-0.15, -0.1) is 21.5 Å². The van der Waals surface area contributed by atoms with Gasteiger partial charge in [-0.3, -0.25) is 0 Å². The molecule has 7 heteroatoms. The van der Waals surface area contributed by atoms with Crippen molar-refractivity contribution in [1.82, 2.24) is 20.6 Å². The van der Waals surface area contributed by atoms with Gasteiger partial charge in [-0.05, 0) is 52.2 Å². The fourth-order valence-electron chi connectivity index (χ4n) is 2.76. The van der Waals surface area contributed by atoms with Crippen molar-refractivity contribution in [2.45, 2.75) is 6.42 Å². The molecular formula is C19H15ClN4OS. The highest BCUT2D eigenvalue weighted by Crippen LogP contribution is 2.38. The van der Waals surface area contributed by atoms with E-state index >= 15 is 0 Å². The van der Waals surface area contributed by atoms with E-state index in [-0.39, 0.29) is 0 Å². The summed E-state index contributed by atoms with van der Waals surface area (Å²) in [5.74, 6) is 1.42. The zero-order valence-corrected chi connectivity index (χ0v) is 15.5. The SMILES string of the molecule is COc1cccc(-c2cc(-c3nn[nH]n3)sc2Cc2ccc(Cl)cc2)c1. The first-order valence-electron chi connectivity index (χ1n) is 7.98. The molecule has 2 aromatic heterocycles. The number of hydrogen-bond acceptors (Lipinski definition) is 5. The van der Waals surface area contributed by atoms with Gasteiger partial charge in [0.15, 0.2) is 0 Å². The fraction of sp³-hybridized carbons (Fsp3) is 0.105. The highest BCUT2D eigenvalue weighted by Gasteiger charge is 2.16. The highest BCUT2D eigenvalue weighted by atomic mass is 35.5. The van der Waals surface area contributed by atoms with E-state index in [1.165, 1.54) is 10.4 Å². The molecule has 2 aromatic carbocycles. The normalized spacial score (nSPS) is 10.8. The molecule has 4 aromatic rings. The predicted molar refractivity (Wildman–Crippen MR) is 104 cm³/mol. The van der Waals surface area contributed by atoms with Gasteiger partial charge in [0.1, 0.15) is 5.75 Å². The van der Waals surface area contributed by atoms with Crippen molar-refractivity contribution in [2.75, 3.05) is 7.11 Å². The zero-order chi connectivity index (χ0) is 17.9. The van der Waals surface area contributed by atoms with Crippen molar-refractivity contribution in [3.8, 4) is 27.6 Å². The van der Waals surface area contributed by atoms with Gasteiger partial charge < -0.3 is 4.74 Å². The Bertz CT molecular complexity index is 1010. The number of ether oxygens (including phenoxy) is 1. The summed E-state index contributed by atoms with van der Waals surface area (Å²) in [7, 11) is 1.67. The fourth-order valence-corrected chi connectivity index (χ4v) is 4.03. The lowest BCUT2D eigenvalue weighted by Crippen LogP contribution is -1.88. The quantitative estimate of drug-likeness (QED) is 0.536. The van der Waals surface area contributed by atoms with E-state index in [9.17, 15) is 0 Å². The Morgan fingerprint density at radius 1 is 1.12 bits per heavy atom. The molecule has 0 aliphatic carbocycles. The first-order chi connectivity index (χ1) is 12.7. The molecule has 4 rings (SSSR count). The third-order valence-corrected chi connectivity index (χ3v) is 5.42. The third kappa shape index (κ3) is 3.47. The number of aromatic nitrogens is 4. The van der Waals surface area contributed by atoms with E-state index < -0.39 is 0 Å². The number of hydrogen-bond donors (Lipinski definition) is 1. The summed E-state index contributed by atoms with van der Waals surface area (Å²) < 4.78 is 5.38. The molecular weight excluding hydrogens is 368 g/mol. The number of rotatable bonds is 5. The summed E-state index contributed by atoms with van der Waals surface area (Å²) in [6.45, 7) is 0. The van der Waals surface area contributed by atoms with Crippen LogP contribution in [0, 0.1) is 0 Å². The molecule has 0 saturated heterocycles. The monoisotopic (exact) mass is 382 g/mol. The van der Waals surface area contributed by atoms with E-state index in [1.54, 1.807) is 18.4 Å². The molecule has 0 aliphatic rings. The molecule has 26 heavy (non-hydrogen) atoms. The molecule has 1 N–H and O–H groups in total. The van der Waals surface area contributed by atoms with Gasteiger partial charge in [0.05, 0.1) is 12.0 Å². The molecule has 0 spiro atoms. The highest BCUT2D eigenvalue weighted by molar-refractivity contribution is 7.16. The first kappa shape index (κ1) is 16.8. The number of halogens is 1. The molecule has 5 nitrogen and oxygen atoms in total. The van der Waals surface area contributed by atoms with E-state index in [0.29, 0.717) is 5.82 Å². The molecule has 2 heterocycles. The summed E-state index contributed by atoms with van der Waals surface area (Å²) in [4.78, 5) is 2.20. The van der Waals surface area contributed by atoms with E-state index in [2.05, 4.69) is 32.8 Å². The number of tetrazole rings is 1. The van der Waals surface area contributed by atoms with E-state index in [4.69, 9.17) is 16.3 Å². The van der Waals surface area contributed by atoms with Crippen LogP contribution in [0.25, 0.3) is 21.8 Å². The molecule has 0 unspecified atom stereocenters. The van der Waals surface area contributed by atoms with Gasteiger partial charge in [0.2, 0.25) is 5.82 Å². The van der Waals surface area contributed by atoms with E-state index in [0.717, 1.165) is 33.2 Å².